The van der Waals surface area contributed by atoms with Crippen LogP contribution in [-0.2, 0) is 0 Å². The van der Waals surface area contributed by atoms with Crippen LogP contribution in [0.25, 0.3) is 9.88 Å². The third-order valence-corrected chi connectivity index (χ3v) is 6.19. The molecule has 1 saturated heterocycles. The number of pyridine rings is 1. The Bertz CT molecular complexity index is 854. The number of amides is 1. The van der Waals surface area contributed by atoms with Gasteiger partial charge in [0, 0.05) is 19.3 Å². The van der Waals surface area contributed by atoms with Crippen LogP contribution in [0.1, 0.15) is 28.9 Å². The number of thiazole rings is 1. The van der Waals surface area contributed by atoms with Crippen molar-refractivity contribution in [2.45, 2.75) is 19.3 Å². The molecule has 5 nitrogen and oxygen atoms in total. The highest BCUT2D eigenvalue weighted by Crippen LogP contribution is 2.30. The van der Waals surface area contributed by atoms with E-state index in [0.29, 0.717) is 4.88 Å². The fourth-order valence-corrected chi connectivity index (χ4v) is 4.54. The molecule has 0 spiro atoms. The monoisotopic (exact) mass is 370 g/mol. The van der Waals surface area contributed by atoms with Gasteiger partial charge in [-0.25, -0.2) is 9.97 Å². The number of nitrogens with one attached hydrogen (secondary N) is 1. The molecule has 128 valence electrons. The number of aromatic nitrogens is 2. The van der Waals surface area contributed by atoms with Crippen molar-refractivity contribution < 1.29 is 4.79 Å². The molecule has 1 aliphatic rings. The van der Waals surface area contributed by atoms with E-state index < -0.39 is 0 Å². The van der Waals surface area contributed by atoms with Gasteiger partial charge < -0.3 is 10.2 Å². The normalized spacial score (nSPS) is 14.5. The second kappa shape index (κ2) is 7.33. The third kappa shape index (κ3) is 3.57. The Morgan fingerprint density at radius 1 is 1.12 bits per heavy atom. The number of anilines is 2. The molecule has 0 aliphatic carbocycles. The van der Waals surface area contributed by atoms with E-state index in [9.17, 15) is 4.79 Å². The minimum atomic E-state index is -0.133. The Hall–Kier alpha value is -2.25. The average molecular weight is 371 g/mol. The zero-order chi connectivity index (χ0) is 17.1. The van der Waals surface area contributed by atoms with Gasteiger partial charge in [-0.3, -0.25) is 4.79 Å². The molecule has 7 heteroatoms. The lowest BCUT2D eigenvalue weighted by molar-refractivity contribution is 0.103. The zero-order valence-electron chi connectivity index (χ0n) is 13.6. The van der Waals surface area contributed by atoms with Gasteiger partial charge in [0.05, 0.1) is 16.8 Å². The Morgan fingerprint density at radius 3 is 2.80 bits per heavy atom. The van der Waals surface area contributed by atoms with Crippen molar-refractivity contribution >= 4 is 40.1 Å². The first-order chi connectivity index (χ1) is 12.3. The van der Waals surface area contributed by atoms with Crippen molar-refractivity contribution in [2.75, 3.05) is 23.3 Å². The highest BCUT2D eigenvalue weighted by atomic mass is 32.1. The minimum absolute atomic E-state index is 0.133. The van der Waals surface area contributed by atoms with Gasteiger partial charge in [-0.1, -0.05) is 6.07 Å². The molecule has 1 aliphatic heterocycles. The quantitative estimate of drug-likeness (QED) is 0.734. The van der Waals surface area contributed by atoms with Gasteiger partial charge >= 0.3 is 0 Å². The summed E-state index contributed by atoms with van der Waals surface area (Å²) < 4.78 is 0. The van der Waals surface area contributed by atoms with Gasteiger partial charge in [0.1, 0.15) is 9.88 Å². The van der Waals surface area contributed by atoms with Gasteiger partial charge in [0.2, 0.25) is 0 Å². The number of piperidine rings is 1. The van der Waals surface area contributed by atoms with Crippen molar-refractivity contribution in [3.63, 3.8) is 0 Å². The van der Waals surface area contributed by atoms with Gasteiger partial charge in [-0.15, -0.1) is 22.7 Å². The Kier molecular flexibility index (Phi) is 4.76. The van der Waals surface area contributed by atoms with Gasteiger partial charge in [0.15, 0.2) is 5.82 Å². The summed E-state index contributed by atoms with van der Waals surface area (Å²) in [7, 11) is 0. The van der Waals surface area contributed by atoms with E-state index in [1.807, 2.05) is 29.6 Å². The molecule has 25 heavy (non-hydrogen) atoms. The molecule has 0 radical (unpaired) electrons. The van der Waals surface area contributed by atoms with Crippen LogP contribution < -0.4 is 10.2 Å². The number of carbonyl (C=O) groups excluding carboxylic acids is 1. The number of thiophene rings is 1. The SMILES string of the molecule is O=C(Nc1cccnc1N1CCCCC1)c1cnc(-c2cccs2)s1. The first-order valence-electron chi connectivity index (χ1n) is 8.32. The van der Waals surface area contributed by atoms with Crippen LogP contribution >= 0.6 is 22.7 Å². The van der Waals surface area contributed by atoms with E-state index in [1.165, 1.54) is 30.6 Å². The molecule has 3 aromatic heterocycles. The van der Waals surface area contributed by atoms with Crippen LogP contribution in [0.5, 0.6) is 0 Å². The predicted molar refractivity (Wildman–Crippen MR) is 104 cm³/mol. The molecule has 0 unspecified atom stereocenters. The van der Waals surface area contributed by atoms with E-state index in [0.717, 1.165) is 34.5 Å². The standard InChI is InChI=1S/C18H18N4OS2/c23-17(15-12-20-18(25-15)14-7-5-11-24-14)21-13-6-4-8-19-16(13)22-9-2-1-3-10-22/h4-8,11-12H,1-3,9-10H2,(H,21,23). The van der Waals surface area contributed by atoms with Crippen LogP contribution in [0.2, 0.25) is 0 Å². The smallest absolute Gasteiger partial charge is 0.267 e. The number of carbonyl (C=O) groups is 1. The first kappa shape index (κ1) is 16.2. The number of hydrogen-bond acceptors (Lipinski definition) is 6. The molecular weight excluding hydrogens is 352 g/mol. The second-order valence-corrected chi connectivity index (χ2v) is 7.86. The minimum Gasteiger partial charge on any atom is -0.355 e. The molecule has 1 fully saturated rings. The maximum absolute atomic E-state index is 12.6. The van der Waals surface area contributed by atoms with Crippen molar-refractivity contribution in [2.24, 2.45) is 0 Å². The van der Waals surface area contributed by atoms with E-state index in [4.69, 9.17) is 0 Å². The summed E-state index contributed by atoms with van der Waals surface area (Å²) in [4.78, 5) is 25.5. The number of nitrogens with zero attached hydrogens (tertiary/aromatic N) is 3. The van der Waals surface area contributed by atoms with Gasteiger partial charge in [-0.05, 0) is 42.8 Å². The third-order valence-electron chi connectivity index (χ3n) is 4.15. The highest BCUT2D eigenvalue weighted by molar-refractivity contribution is 7.22. The first-order valence-corrected chi connectivity index (χ1v) is 10.0. The Balaban J connectivity index is 1.53. The molecule has 0 saturated carbocycles. The van der Waals surface area contributed by atoms with E-state index >= 15 is 0 Å². The molecule has 3 aromatic rings. The maximum Gasteiger partial charge on any atom is 0.267 e. The second-order valence-electron chi connectivity index (χ2n) is 5.88. The van der Waals surface area contributed by atoms with Crippen LogP contribution in [0.3, 0.4) is 0 Å². The van der Waals surface area contributed by atoms with Gasteiger partial charge in [-0.2, -0.15) is 0 Å². The zero-order valence-corrected chi connectivity index (χ0v) is 15.3. The van der Waals surface area contributed by atoms with Crippen molar-refractivity contribution in [1.29, 1.82) is 0 Å². The molecule has 4 rings (SSSR count). The lowest BCUT2D eigenvalue weighted by Crippen LogP contribution is -2.31. The fraction of sp³-hybridized carbons (Fsp3) is 0.278. The van der Waals surface area contributed by atoms with Crippen LogP contribution in [0.15, 0.2) is 42.0 Å². The highest BCUT2D eigenvalue weighted by Gasteiger charge is 2.18. The van der Waals surface area contributed by atoms with Crippen LogP contribution in [0.4, 0.5) is 11.5 Å². The van der Waals surface area contributed by atoms with Crippen molar-refractivity contribution in [3.05, 3.63) is 46.9 Å². The molecular formula is C18H18N4OS2. The van der Waals surface area contributed by atoms with E-state index in [2.05, 4.69) is 20.2 Å². The summed E-state index contributed by atoms with van der Waals surface area (Å²) in [5.41, 5.74) is 0.764. The number of hydrogen-bond donors (Lipinski definition) is 1. The lowest BCUT2D eigenvalue weighted by atomic mass is 10.1. The molecule has 0 bridgehead atoms. The summed E-state index contributed by atoms with van der Waals surface area (Å²) in [5, 5.41) is 5.90. The summed E-state index contributed by atoms with van der Waals surface area (Å²) in [6.07, 6.45) is 7.02. The van der Waals surface area contributed by atoms with E-state index in [-0.39, 0.29) is 5.91 Å². The topological polar surface area (TPSA) is 58.1 Å². The molecule has 4 heterocycles. The fourth-order valence-electron chi connectivity index (χ4n) is 2.93. The summed E-state index contributed by atoms with van der Waals surface area (Å²) in [6, 6.07) is 7.77. The summed E-state index contributed by atoms with van der Waals surface area (Å²) in [6.45, 7) is 1.98. The van der Waals surface area contributed by atoms with E-state index in [1.54, 1.807) is 23.7 Å². The van der Waals surface area contributed by atoms with Gasteiger partial charge in [0.25, 0.3) is 5.91 Å². The summed E-state index contributed by atoms with van der Waals surface area (Å²) in [5.74, 6) is 0.727. The average Bonchev–Trinajstić information content (AvgIpc) is 3.34. The largest absolute Gasteiger partial charge is 0.355 e. The molecule has 1 N–H and O–H groups in total. The molecule has 1 amide bonds. The lowest BCUT2D eigenvalue weighted by Gasteiger charge is -2.29. The summed E-state index contributed by atoms with van der Waals surface area (Å²) >= 11 is 3.04. The Labute approximate surface area is 154 Å². The molecule has 0 aromatic carbocycles. The Morgan fingerprint density at radius 2 is 2.00 bits per heavy atom. The van der Waals surface area contributed by atoms with Crippen molar-refractivity contribution in [1.82, 2.24) is 9.97 Å². The predicted octanol–water partition coefficient (Wildman–Crippen LogP) is 4.51. The van der Waals surface area contributed by atoms with Crippen molar-refractivity contribution in [3.8, 4) is 9.88 Å². The van der Waals surface area contributed by atoms with Crippen LogP contribution in [0, 0.1) is 0 Å². The van der Waals surface area contributed by atoms with Crippen LogP contribution in [-0.4, -0.2) is 29.0 Å². The molecule has 0 atom stereocenters. The maximum atomic E-state index is 12.6. The number of rotatable bonds is 4.